The van der Waals surface area contributed by atoms with Crippen LogP contribution in [-0.4, -0.2) is 25.0 Å². The third-order valence-electron chi connectivity index (χ3n) is 4.31. The van der Waals surface area contributed by atoms with E-state index in [1.54, 1.807) is 24.3 Å². The van der Waals surface area contributed by atoms with Crippen molar-refractivity contribution >= 4 is 34.2 Å². The summed E-state index contributed by atoms with van der Waals surface area (Å²) in [6.45, 7) is 0. The van der Waals surface area contributed by atoms with Gasteiger partial charge in [-0.05, 0) is 43.4 Å². The first kappa shape index (κ1) is 18.1. The van der Waals surface area contributed by atoms with Crippen LogP contribution in [0.3, 0.4) is 0 Å². The number of benzene rings is 1. The minimum atomic E-state index is -0.816. The van der Waals surface area contributed by atoms with Crippen molar-refractivity contribution in [2.75, 3.05) is 12.4 Å². The largest absolute Gasteiger partial charge is 0.453 e. The summed E-state index contributed by atoms with van der Waals surface area (Å²) in [6.07, 6.45) is 3.96. The third kappa shape index (κ3) is 3.94. The lowest BCUT2D eigenvalue weighted by atomic mass is 10.0. The van der Waals surface area contributed by atoms with Gasteiger partial charge in [-0.25, -0.2) is 4.79 Å². The summed E-state index contributed by atoms with van der Waals surface area (Å²) in [5.74, 6) is -0.825. The van der Waals surface area contributed by atoms with Crippen LogP contribution in [0.15, 0.2) is 30.3 Å². The lowest BCUT2D eigenvalue weighted by Crippen LogP contribution is -2.31. The maximum atomic E-state index is 12.6. The van der Waals surface area contributed by atoms with E-state index in [1.807, 2.05) is 6.07 Å². The zero-order valence-corrected chi connectivity index (χ0v) is 15.3. The smallest absolute Gasteiger partial charge is 0.413 e. The van der Waals surface area contributed by atoms with Gasteiger partial charge in [-0.3, -0.25) is 14.9 Å². The highest BCUT2D eigenvalue weighted by molar-refractivity contribution is 7.17. The number of ether oxygens (including phenoxy) is 1. The van der Waals surface area contributed by atoms with E-state index in [-0.39, 0.29) is 5.91 Å². The van der Waals surface area contributed by atoms with Gasteiger partial charge in [0.15, 0.2) is 0 Å². The minimum Gasteiger partial charge on any atom is -0.453 e. The van der Waals surface area contributed by atoms with Crippen molar-refractivity contribution in [3.05, 3.63) is 51.9 Å². The maximum Gasteiger partial charge on any atom is 0.413 e. The third-order valence-corrected chi connectivity index (χ3v) is 5.52. The van der Waals surface area contributed by atoms with Crippen molar-refractivity contribution in [2.45, 2.75) is 32.1 Å². The van der Waals surface area contributed by atoms with Crippen LogP contribution in [0.25, 0.3) is 0 Å². The van der Waals surface area contributed by atoms with E-state index in [1.165, 1.54) is 18.4 Å². The zero-order chi connectivity index (χ0) is 18.5. The summed E-state index contributed by atoms with van der Waals surface area (Å²) in [5, 5.41) is 5.53. The Bertz CT molecular complexity index is 830. The van der Waals surface area contributed by atoms with Gasteiger partial charge in [-0.15, -0.1) is 11.3 Å². The molecule has 1 aliphatic rings. The van der Waals surface area contributed by atoms with Crippen LogP contribution in [0.1, 0.15) is 50.4 Å². The molecule has 0 fully saturated rings. The molecule has 3 amide bonds. The lowest BCUT2D eigenvalue weighted by molar-refractivity contribution is 0.0937. The molecule has 2 N–H and O–H groups in total. The predicted octanol–water partition coefficient (Wildman–Crippen LogP) is 3.77. The fraction of sp³-hybridized carbons (Fsp3) is 0.316. The fourth-order valence-electron chi connectivity index (χ4n) is 3.04. The predicted molar refractivity (Wildman–Crippen MR) is 99.8 cm³/mol. The van der Waals surface area contributed by atoms with Crippen molar-refractivity contribution in [1.29, 1.82) is 0 Å². The number of alkyl carbamates (subject to hydrolysis) is 1. The maximum absolute atomic E-state index is 12.6. The molecule has 26 heavy (non-hydrogen) atoms. The van der Waals surface area contributed by atoms with Crippen LogP contribution in [0.4, 0.5) is 9.80 Å². The summed E-state index contributed by atoms with van der Waals surface area (Å²) >= 11 is 1.42. The number of anilines is 1. The number of aryl methyl sites for hydroxylation is 1. The summed E-state index contributed by atoms with van der Waals surface area (Å²) in [6, 6.07) is 8.82. The zero-order valence-electron chi connectivity index (χ0n) is 14.5. The summed E-state index contributed by atoms with van der Waals surface area (Å²) in [7, 11) is 1.20. The standard InChI is InChI=1S/C19H20N2O4S/c1-25-19(24)21-17(23)15-13-10-6-3-7-11-14(13)26-18(15)20-16(22)12-8-4-2-5-9-12/h2,4-5,8-9H,3,6-7,10-11H2,1H3,(H,20,22)(H,21,23,24). The molecule has 0 aliphatic heterocycles. The molecule has 0 radical (unpaired) electrons. The van der Waals surface area contributed by atoms with Gasteiger partial charge >= 0.3 is 6.09 Å². The van der Waals surface area contributed by atoms with E-state index in [4.69, 9.17) is 0 Å². The van der Waals surface area contributed by atoms with Gasteiger partial charge in [0.05, 0.1) is 12.7 Å². The molecule has 2 aromatic rings. The van der Waals surface area contributed by atoms with Crippen molar-refractivity contribution in [1.82, 2.24) is 5.32 Å². The van der Waals surface area contributed by atoms with Gasteiger partial charge in [0, 0.05) is 10.4 Å². The Labute approximate surface area is 155 Å². The number of methoxy groups -OCH3 is 1. The first-order valence-electron chi connectivity index (χ1n) is 8.50. The van der Waals surface area contributed by atoms with Crippen molar-refractivity contribution in [3.8, 4) is 0 Å². The summed E-state index contributed by atoms with van der Waals surface area (Å²) in [5.41, 5.74) is 1.81. The molecule has 6 nitrogen and oxygen atoms in total. The topological polar surface area (TPSA) is 84.5 Å². The van der Waals surface area contributed by atoms with Gasteiger partial charge in [-0.2, -0.15) is 0 Å². The Morgan fingerprint density at radius 2 is 1.73 bits per heavy atom. The van der Waals surface area contributed by atoms with Crippen LogP contribution in [0, 0.1) is 0 Å². The number of hydrogen-bond acceptors (Lipinski definition) is 5. The van der Waals surface area contributed by atoms with Crippen molar-refractivity contribution in [3.63, 3.8) is 0 Å². The highest BCUT2D eigenvalue weighted by Gasteiger charge is 2.27. The molecule has 0 spiro atoms. The highest BCUT2D eigenvalue weighted by atomic mass is 32.1. The van der Waals surface area contributed by atoms with Gasteiger partial charge in [-0.1, -0.05) is 24.6 Å². The molecule has 136 valence electrons. The Morgan fingerprint density at radius 1 is 1.00 bits per heavy atom. The van der Waals surface area contributed by atoms with Crippen LogP contribution in [0.2, 0.25) is 0 Å². The molecule has 1 aliphatic carbocycles. The molecule has 7 heteroatoms. The Morgan fingerprint density at radius 3 is 2.46 bits per heavy atom. The van der Waals surface area contributed by atoms with Gasteiger partial charge in [0.1, 0.15) is 5.00 Å². The van der Waals surface area contributed by atoms with Gasteiger partial charge in [0.2, 0.25) is 0 Å². The molecule has 3 rings (SSSR count). The second-order valence-electron chi connectivity index (χ2n) is 6.03. The summed E-state index contributed by atoms with van der Waals surface area (Å²) in [4.78, 5) is 37.7. The summed E-state index contributed by atoms with van der Waals surface area (Å²) < 4.78 is 4.52. The first-order chi connectivity index (χ1) is 12.6. The molecule has 0 unspecified atom stereocenters. The molecule has 0 saturated carbocycles. The van der Waals surface area contributed by atoms with Crippen LogP contribution in [0.5, 0.6) is 0 Å². The number of thiophene rings is 1. The van der Waals surface area contributed by atoms with E-state index >= 15 is 0 Å². The van der Waals surface area contributed by atoms with Crippen LogP contribution in [-0.2, 0) is 17.6 Å². The number of fused-ring (bicyclic) bond motifs is 1. The first-order valence-corrected chi connectivity index (χ1v) is 9.32. The lowest BCUT2D eigenvalue weighted by Gasteiger charge is -2.09. The molecule has 0 bridgehead atoms. The van der Waals surface area contributed by atoms with Gasteiger partial charge in [0.25, 0.3) is 11.8 Å². The number of rotatable bonds is 3. The number of nitrogens with one attached hydrogen (secondary N) is 2. The average Bonchev–Trinajstić information content (AvgIpc) is 2.83. The Balaban J connectivity index is 1.94. The number of carbonyl (C=O) groups is 3. The number of imide groups is 1. The molecule has 1 heterocycles. The fourth-order valence-corrected chi connectivity index (χ4v) is 4.32. The van der Waals surface area contributed by atoms with E-state index in [2.05, 4.69) is 15.4 Å². The normalized spacial score (nSPS) is 13.3. The Kier molecular flexibility index (Phi) is 5.68. The van der Waals surface area contributed by atoms with Crippen LogP contribution < -0.4 is 10.6 Å². The monoisotopic (exact) mass is 372 g/mol. The number of hydrogen-bond donors (Lipinski definition) is 2. The Hall–Kier alpha value is -2.67. The second-order valence-corrected chi connectivity index (χ2v) is 7.14. The van der Waals surface area contributed by atoms with E-state index in [0.29, 0.717) is 16.1 Å². The van der Waals surface area contributed by atoms with E-state index in [9.17, 15) is 14.4 Å². The van der Waals surface area contributed by atoms with E-state index in [0.717, 1.165) is 42.5 Å². The van der Waals surface area contributed by atoms with E-state index < -0.39 is 12.0 Å². The SMILES string of the molecule is COC(=O)NC(=O)c1c(NC(=O)c2ccccc2)sc2c1CCCCC2. The highest BCUT2D eigenvalue weighted by Crippen LogP contribution is 2.37. The quantitative estimate of drug-likeness (QED) is 0.804. The second kappa shape index (κ2) is 8.14. The van der Waals surface area contributed by atoms with Crippen molar-refractivity contribution < 1.29 is 19.1 Å². The van der Waals surface area contributed by atoms with Crippen molar-refractivity contribution in [2.24, 2.45) is 0 Å². The molecular weight excluding hydrogens is 352 g/mol. The molecule has 0 atom stereocenters. The molecule has 1 aromatic carbocycles. The van der Waals surface area contributed by atoms with Gasteiger partial charge < -0.3 is 10.1 Å². The van der Waals surface area contributed by atoms with Crippen LogP contribution >= 0.6 is 11.3 Å². The minimum absolute atomic E-state index is 0.283. The molecule has 1 aromatic heterocycles. The number of amides is 3. The molecule has 0 saturated heterocycles. The average molecular weight is 372 g/mol. The molecular formula is C19H20N2O4S. The number of carbonyl (C=O) groups excluding carboxylic acids is 3.